The molecule has 3 heteroatoms. The molecule has 0 saturated heterocycles. The van der Waals surface area contributed by atoms with Crippen LogP contribution in [0.4, 0.5) is 0 Å². The summed E-state index contributed by atoms with van der Waals surface area (Å²) in [6, 6.07) is 0. The molecule has 0 saturated carbocycles. The Morgan fingerprint density at radius 2 is 2.14 bits per heavy atom. The molecular formula is C4H4O3. The van der Waals surface area contributed by atoms with E-state index in [-0.39, 0.29) is 0 Å². The maximum atomic E-state index is 9.51. The molecule has 0 aliphatic heterocycles. The summed E-state index contributed by atoms with van der Waals surface area (Å²) in [5.74, 6) is -1.10. The summed E-state index contributed by atoms with van der Waals surface area (Å²) in [6.07, 6.45) is 2.10. The van der Waals surface area contributed by atoms with Crippen LogP contribution in [0.3, 0.4) is 0 Å². The molecule has 0 aromatic rings. The van der Waals surface area contributed by atoms with Crippen LogP contribution in [0.15, 0.2) is 12.2 Å². The van der Waals surface area contributed by atoms with Crippen LogP contribution in [0, 0.1) is 0 Å². The monoisotopic (exact) mass is 100 g/mol. The minimum absolute atomic E-state index is 0.411. The Morgan fingerprint density at radius 1 is 1.57 bits per heavy atom. The molecule has 38 valence electrons. The van der Waals surface area contributed by atoms with Crippen molar-refractivity contribution in [3.63, 3.8) is 0 Å². The van der Waals surface area contributed by atoms with E-state index in [1.165, 1.54) is 0 Å². The van der Waals surface area contributed by atoms with Gasteiger partial charge in [0.25, 0.3) is 0 Å². The lowest BCUT2D eigenvalue weighted by molar-refractivity contribution is -0.131. The van der Waals surface area contributed by atoms with Crippen molar-refractivity contribution in [2.24, 2.45) is 0 Å². The van der Waals surface area contributed by atoms with Gasteiger partial charge in [-0.2, -0.15) is 0 Å². The Balaban J connectivity index is 3.46. The molecular weight excluding hydrogens is 96.0 g/mol. The standard InChI is InChI=1S/C4H4O3/c5-3-1-2-4(6)7/h1-3H,(H,6,7)/b2-1+. The minimum atomic E-state index is -1.10. The Morgan fingerprint density at radius 3 is 2.29 bits per heavy atom. The van der Waals surface area contributed by atoms with Crippen LogP contribution in [0.2, 0.25) is 0 Å². The molecule has 0 amide bonds. The molecule has 0 radical (unpaired) electrons. The first-order chi connectivity index (χ1) is 3.27. The third-order valence-corrected chi connectivity index (χ3v) is 0.317. The van der Waals surface area contributed by atoms with Crippen LogP contribution in [0.5, 0.6) is 0 Å². The van der Waals surface area contributed by atoms with Gasteiger partial charge in [0.2, 0.25) is 0 Å². The van der Waals surface area contributed by atoms with Gasteiger partial charge in [-0.25, -0.2) is 4.79 Å². The van der Waals surface area contributed by atoms with E-state index in [2.05, 4.69) is 0 Å². The summed E-state index contributed by atoms with van der Waals surface area (Å²) < 4.78 is 0. The first-order valence-electron chi connectivity index (χ1n) is 1.62. The number of carbonyl (C=O) groups is 2. The van der Waals surface area contributed by atoms with Crippen molar-refractivity contribution in [3.8, 4) is 0 Å². The fourth-order valence-corrected chi connectivity index (χ4v) is 0.122. The van der Waals surface area contributed by atoms with Gasteiger partial charge in [0.1, 0.15) is 6.29 Å². The van der Waals surface area contributed by atoms with Crippen LogP contribution < -0.4 is 0 Å². The molecule has 7 heavy (non-hydrogen) atoms. The van der Waals surface area contributed by atoms with Crippen LogP contribution >= 0.6 is 0 Å². The second-order valence-electron chi connectivity index (χ2n) is 0.833. The van der Waals surface area contributed by atoms with Crippen molar-refractivity contribution >= 4 is 12.3 Å². The van der Waals surface area contributed by atoms with Gasteiger partial charge < -0.3 is 5.11 Å². The predicted molar refractivity (Wildman–Crippen MR) is 22.8 cm³/mol. The number of hydrogen-bond acceptors (Lipinski definition) is 2. The first kappa shape index (κ1) is 5.88. The molecule has 0 rings (SSSR count). The summed E-state index contributed by atoms with van der Waals surface area (Å²) in [6.45, 7) is 0. The fourth-order valence-electron chi connectivity index (χ4n) is 0.122. The summed E-state index contributed by atoms with van der Waals surface area (Å²) in [5.41, 5.74) is 0. The van der Waals surface area contributed by atoms with Gasteiger partial charge in [-0.05, 0) is 6.08 Å². The van der Waals surface area contributed by atoms with Gasteiger partial charge in [0.05, 0.1) is 0 Å². The summed E-state index contributed by atoms with van der Waals surface area (Å²) in [5, 5.41) is 7.80. The van der Waals surface area contributed by atoms with Crippen molar-refractivity contribution < 1.29 is 14.7 Å². The lowest BCUT2D eigenvalue weighted by Crippen LogP contribution is -1.84. The smallest absolute Gasteiger partial charge is 0.328 e. The molecule has 0 aromatic heterocycles. The largest absolute Gasteiger partial charge is 0.478 e. The zero-order valence-electron chi connectivity index (χ0n) is 3.50. The first-order valence-corrected chi connectivity index (χ1v) is 1.62. The van der Waals surface area contributed by atoms with E-state index in [4.69, 9.17) is 5.11 Å². The maximum Gasteiger partial charge on any atom is 0.328 e. The average Bonchev–Trinajstić information content (AvgIpc) is 1.61. The second-order valence-corrected chi connectivity index (χ2v) is 0.833. The quantitative estimate of drug-likeness (QED) is 0.387. The van der Waals surface area contributed by atoms with E-state index in [0.29, 0.717) is 6.29 Å². The van der Waals surface area contributed by atoms with E-state index in [0.717, 1.165) is 12.2 Å². The zero-order valence-corrected chi connectivity index (χ0v) is 3.50. The minimum Gasteiger partial charge on any atom is -0.478 e. The highest BCUT2D eigenvalue weighted by Crippen LogP contribution is 1.64. The van der Waals surface area contributed by atoms with Crippen LogP contribution in [-0.4, -0.2) is 17.4 Å². The maximum absolute atomic E-state index is 9.51. The lowest BCUT2D eigenvalue weighted by Gasteiger charge is -1.68. The molecule has 0 aromatic carbocycles. The normalized spacial score (nSPS) is 9.14. The third kappa shape index (κ3) is 4.88. The number of carboxylic acid groups (broad SMARTS) is 1. The number of rotatable bonds is 2. The number of aldehydes is 1. The SMILES string of the molecule is O=C/C=C/C(=O)O. The molecule has 0 atom stereocenters. The summed E-state index contributed by atoms with van der Waals surface area (Å²) >= 11 is 0. The molecule has 1 N–H and O–H groups in total. The Kier molecular flexibility index (Phi) is 2.59. The predicted octanol–water partition coefficient (Wildman–Crippen LogP) is -0.174. The fraction of sp³-hybridized carbons (Fsp3) is 0. The molecule has 3 nitrogen and oxygen atoms in total. The summed E-state index contributed by atoms with van der Waals surface area (Å²) in [4.78, 5) is 18.9. The lowest BCUT2D eigenvalue weighted by atomic mass is 10.5. The van der Waals surface area contributed by atoms with E-state index in [1.54, 1.807) is 0 Å². The average molecular weight is 100 g/mol. The van der Waals surface area contributed by atoms with Gasteiger partial charge in [-0.15, -0.1) is 0 Å². The Labute approximate surface area is 40.3 Å². The van der Waals surface area contributed by atoms with Crippen molar-refractivity contribution in [1.29, 1.82) is 0 Å². The highest BCUT2D eigenvalue weighted by molar-refractivity contribution is 5.84. The molecule has 0 unspecified atom stereocenters. The third-order valence-electron chi connectivity index (χ3n) is 0.317. The highest BCUT2D eigenvalue weighted by Gasteiger charge is 1.79. The van der Waals surface area contributed by atoms with E-state index >= 15 is 0 Å². The van der Waals surface area contributed by atoms with Gasteiger partial charge in [0.15, 0.2) is 0 Å². The van der Waals surface area contributed by atoms with Crippen LogP contribution in [0.1, 0.15) is 0 Å². The molecule has 0 spiro atoms. The van der Waals surface area contributed by atoms with Gasteiger partial charge in [-0.3, -0.25) is 4.79 Å². The van der Waals surface area contributed by atoms with Crippen molar-refractivity contribution in [3.05, 3.63) is 12.2 Å². The Bertz CT molecular complexity index is 104. The highest BCUT2D eigenvalue weighted by atomic mass is 16.4. The Hall–Kier alpha value is -1.12. The molecule has 0 aliphatic carbocycles. The van der Waals surface area contributed by atoms with Gasteiger partial charge in [0, 0.05) is 6.08 Å². The second kappa shape index (κ2) is 3.08. The number of allylic oxidation sites excluding steroid dienone is 1. The zero-order chi connectivity index (χ0) is 5.70. The van der Waals surface area contributed by atoms with Gasteiger partial charge >= 0.3 is 5.97 Å². The van der Waals surface area contributed by atoms with Crippen molar-refractivity contribution in [2.45, 2.75) is 0 Å². The molecule has 0 fully saturated rings. The van der Waals surface area contributed by atoms with E-state index < -0.39 is 5.97 Å². The van der Waals surface area contributed by atoms with Crippen molar-refractivity contribution in [1.82, 2.24) is 0 Å². The van der Waals surface area contributed by atoms with E-state index in [9.17, 15) is 9.59 Å². The molecule has 0 bridgehead atoms. The number of hydrogen-bond donors (Lipinski definition) is 1. The van der Waals surface area contributed by atoms with Crippen LogP contribution in [0.25, 0.3) is 0 Å². The molecule has 0 aliphatic rings. The summed E-state index contributed by atoms with van der Waals surface area (Å²) in [7, 11) is 0. The molecule has 0 heterocycles. The van der Waals surface area contributed by atoms with E-state index in [1.807, 2.05) is 0 Å². The number of carbonyl (C=O) groups excluding carboxylic acids is 1. The number of aliphatic carboxylic acids is 1. The van der Waals surface area contributed by atoms with Crippen molar-refractivity contribution in [2.75, 3.05) is 0 Å². The number of carboxylic acids is 1. The van der Waals surface area contributed by atoms with Gasteiger partial charge in [-0.1, -0.05) is 0 Å². The topological polar surface area (TPSA) is 54.4 Å². The van der Waals surface area contributed by atoms with Crippen LogP contribution in [-0.2, 0) is 9.59 Å².